The van der Waals surface area contributed by atoms with E-state index in [1.807, 2.05) is 0 Å². The highest BCUT2D eigenvalue weighted by Crippen LogP contribution is 2.01. The molecular weight excluding hydrogens is 198 g/mol. The lowest BCUT2D eigenvalue weighted by atomic mass is 10.2. The molecule has 0 atom stereocenters. The van der Waals surface area contributed by atoms with Crippen LogP contribution in [0.3, 0.4) is 0 Å². The average molecular weight is 213 g/mol. The molecule has 0 heterocycles. The van der Waals surface area contributed by atoms with Gasteiger partial charge in [-0.2, -0.15) is 0 Å². The number of hydrogen-bond acceptors (Lipinski definition) is 3. The molecule has 0 fully saturated rings. The smallest absolute Gasteiger partial charge is 0.303 e. The van der Waals surface area contributed by atoms with Crippen molar-refractivity contribution in [3.63, 3.8) is 0 Å². The normalized spacial score (nSPS) is 9.33. The first-order valence-electron chi connectivity index (χ1n) is 4.72. The van der Waals surface area contributed by atoms with Crippen molar-refractivity contribution in [2.75, 3.05) is 6.54 Å². The lowest BCUT2D eigenvalue weighted by Crippen LogP contribution is -2.28. The number of amides is 2. The monoisotopic (exact) mass is 213 g/mol. The molecule has 0 spiro atoms. The van der Waals surface area contributed by atoms with Crippen LogP contribution in [0.25, 0.3) is 0 Å². The molecule has 0 aromatic heterocycles. The highest BCUT2D eigenvalue weighted by molar-refractivity contribution is 5.94. The summed E-state index contributed by atoms with van der Waals surface area (Å²) in [5, 5.41) is 8.36. The fourth-order valence-corrected chi connectivity index (χ4v) is 1.07. The van der Waals surface area contributed by atoms with Crippen LogP contribution in [0, 0.1) is 0 Å². The molecule has 84 valence electrons. The summed E-state index contributed by atoms with van der Waals surface area (Å²) in [6.07, 6.45) is 3.51. The Morgan fingerprint density at radius 3 is 2.40 bits per heavy atom. The lowest BCUT2D eigenvalue weighted by Gasteiger charge is -2.12. The highest BCUT2D eigenvalue weighted by Gasteiger charge is 2.07. The van der Waals surface area contributed by atoms with E-state index in [4.69, 9.17) is 5.11 Å². The van der Waals surface area contributed by atoms with Gasteiger partial charge < -0.3 is 5.11 Å². The van der Waals surface area contributed by atoms with Crippen molar-refractivity contribution in [1.82, 2.24) is 4.90 Å². The van der Waals surface area contributed by atoms with Crippen LogP contribution in [0.2, 0.25) is 0 Å². The Balaban J connectivity index is 3.64. The van der Waals surface area contributed by atoms with Crippen molar-refractivity contribution >= 4 is 18.3 Å². The van der Waals surface area contributed by atoms with E-state index in [0.29, 0.717) is 32.2 Å². The minimum absolute atomic E-state index is 0.122. The molecule has 1 N–H and O–H groups in total. The van der Waals surface area contributed by atoms with Gasteiger partial charge >= 0.3 is 5.97 Å². The Morgan fingerprint density at radius 1 is 1.27 bits per heavy atom. The fourth-order valence-electron chi connectivity index (χ4n) is 1.07. The molecule has 0 bridgehead atoms. The second-order valence-electron chi connectivity index (χ2n) is 3.05. The van der Waals surface area contributed by atoms with E-state index in [9.17, 15) is 14.4 Å². The van der Waals surface area contributed by atoms with E-state index in [2.05, 4.69) is 6.58 Å². The first kappa shape index (κ1) is 13.4. The number of carboxylic acids is 1. The third-order valence-electron chi connectivity index (χ3n) is 1.87. The van der Waals surface area contributed by atoms with E-state index in [1.165, 1.54) is 0 Å². The van der Waals surface area contributed by atoms with Gasteiger partial charge in [0.25, 0.3) is 5.91 Å². The zero-order valence-corrected chi connectivity index (χ0v) is 8.52. The molecule has 2 amide bonds. The van der Waals surface area contributed by atoms with E-state index < -0.39 is 11.9 Å². The molecule has 5 heteroatoms. The summed E-state index contributed by atoms with van der Waals surface area (Å²) in [6.45, 7) is 3.58. The molecule has 0 aliphatic rings. The van der Waals surface area contributed by atoms with Gasteiger partial charge in [-0.3, -0.25) is 19.3 Å². The topological polar surface area (TPSA) is 74.7 Å². The molecule has 5 nitrogen and oxygen atoms in total. The average Bonchev–Trinajstić information content (AvgIpc) is 2.22. The minimum Gasteiger partial charge on any atom is -0.481 e. The van der Waals surface area contributed by atoms with Crippen LogP contribution in [-0.2, 0) is 14.4 Å². The second kappa shape index (κ2) is 7.73. The molecule has 15 heavy (non-hydrogen) atoms. The number of carboxylic acid groups (broad SMARTS) is 1. The van der Waals surface area contributed by atoms with E-state index in [-0.39, 0.29) is 6.42 Å². The van der Waals surface area contributed by atoms with Gasteiger partial charge in [0.15, 0.2) is 0 Å². The van der Waals surface area contributed by atoms with Gasteiger partial charge in [-0.1, -0.05) is 13.0 Å². The molecule has 0 saturated heterocycles. The molecule has 0 unspecified atom stereocenters. The number of unbranched alkanes of at least 4 members (excludes halogenated alkanes) is 2. The minimum atomic E-state index is -0.829. The zero-order valence-electron chi connectivity index (χ0n) is 8.52. The number of rotatable bonds is 8. The Kier molecular flexibility index (Phi) is 6.88. The summed E-state index contributed by atoms with van der Waals surface area (Å²) in [5.41, 5.74) is 0. The fraction of sp³-hybridized carbons (Fsp3) is 0.500. The predicted molar refractivity (Wildman–Crippen MR) is 54.1 cm³/mol. The molecule has 0 aromatic rings. The van der Waals surface area contributed by atoms with Crippen molar-refractivity contribution in [3.8, 4) is 0 Å². The Bertz CT molecular complexity index is 250. The third kappa shape index (κ3) is 6.42. The van der Waals surface area contributed by atoms with Gasteiger partial charge in [0.1, 0.15) is 0 Å². The summed E-state index contributed by atoms with van der Waals surface area (Å²) in [6, 6.07) is 0. The van der Waals surface area contributed by atoms with Crippen LogP contribution >= 0.6 is 0 Å². The van der Waals surface area contributed by atoms with Crippen molar-refractivity contribution in [2.24, 2.45) is 0 Å². The van der Waals surface area contributed by atoms with Crippen LogP contribution in [-0.4, -0.2) is 34.8 Å². The molecule has 0 aliphatic heterocycles. The van der Waals surface area contributed by atoms with E-state index in [0.717, 1.165) is 11.0 Å². The number of hydrogen-bond donors (Lipinski definition) is 1. The predicted octanol–water partition coefficient (Wildman–Crippen LogP) is 0.802. The van der Waals surface area contributed by atoms with Gasteiger partial charge in [0, 0.05) is 13.0 Å². The first-order valence-corrected chi connectivity index (χ1v) is 4.72. The maximum Gasteiger partial charge on any atom is 0.303 e. The lowest BCUT2D eigenvalue weighted by molar-refractivity contribution is -0.137. The van der Waals surface area contributed by atoms with Gasteiger partial charge in [-0.15, -0.1) is 0 Å². The van der Waals surface area contributed by atoms with Gasteiger partial charge in [-0.05, 0) is 18.9 Å². The SMILES string of the molecule is C=CC(=O)N(C=O)CCCCCC(=O)O. The van der Waals surface area contributed by atoms with Crippen molar-refractivity contribution in [3.05, 3.63) is 12.7 Å². The van der Waals surface area contributed by atoms with Crippen LogP contribution in [0.4, 0.5) is 0 Å². The van der Waals surface area contributed by atoms with Crippen LogP contribution in [0.15, 0.2) is 12.7 Å². The Hall–Kier alpha value is -1.65. The maximum absolute atomic E-state index is 11.0. The van der Waals surface area contributed by atoms with E-state index in [1.54, 1.807) is 0 Å². The number of carbonyl (C=O) groups excluding carboxylic acids is 2. The Labute approximate surface area is 88.4 Å². The molecule has 0 aliphatic carbocycles. The van der Waals surface area contributed by atoms with Gasteiger partial charge in [0.05, 0.1) is 0 Å². The summed E-state index contributed by atoms with van der Waals surface area (Å²) < 4.78 is 0. The summed E-state index contributed by atoms with van der Waals surface area (Å²) in [4.78, 5) is 32.6. The zero-order chi connectivity index (χ0) is 11.7. The van der Waals surface area contributed by atoms with Crippen molar-refractivity contribution in [2.45, 2.75) is 25.7 Å². The number of aliphatic carboxylic acids is 1. The molecule has 0 rings (SSSR count). The third-order valence-corrected chi connectivity index (χ3v) is 1.87. The summed E-state index contributed by atoms with van der Waals surface area (Å²) >= 11 is 0. The largest absolute Gasteiger partial charge is 0.481 e. The first-order chi connectivity index (χ1) is 7.11. The van der Waals surface area contributed by atoms with E-state index >= 15 is 0 Å². The van der Waals surface area contributed by atoms with Crippen LogP contribution < -0.4 is 0 Å². The van der Waals surface area contributed by atoms with Crippen molar-refractivity contribution in [1.29, 1.82) is 0 Å². The molecule has 0 saturated carbocycles. The van der Waals surface area contributed by atoms with Crippen molar-refractivity contribution < 1.29 is 19.5 Å². The highest BCUT2D eigenvalue weighted by atomic mass is 16.4. The van der Waals surface area contributed by atoms with Crippen LogP contribution in [0.5, 0.6) is 0 Å². The standard InChI is InChI=1S/C10H15NO4/c1-2-9(13)11(8-12)7-5-3-4-6-10(14)15/h2,8H,1,3-7H2,(H,14,15). The second-order valence-corrected chi connectivity index (χ2v) is 3.05. The maximum atomic E-state index is 11.0. The molecule has 0 radical (unpaired) electrons. The Morgan fingerprint density at radius 2 is 1.93 bits per heavy atom. The molecule has 0 aromatic carbocycles. The number of imide groups is 1. The summed E-state index contributed by atoms with van der Waals surface area (Å²) in [5.74, 6) is -1.26. The quantitative estimate of drug-likeness (QED) is 0.367. The number of carbonyl (C=O) groups is 3. The molecular formula is C10H15NO4. The number of nitrogens with zero attached hydrogens (tertiary/aromatic N) is 1. The van der Waals surface area contributed by atoms with Gasteiger partial charge in [-0.25, -0.2) is 0 Å². The van der Waals surface area contributed by atoms with Gasteiger partial charge in [0.2, 0.25) is 6.41 Å². The summed E-state index contributed by atoms with van der Waals surface area (Å²) in [7, 11) is 0. The van der Waals surface area contributed by atoms with Crippen LogP contribution in [0.1, 0.15) is 25.7 Å².